The Morgan fingerprint density at radius 3 is 2.63 bits per heavy atom. The molecule has 0 bridgehead atoms. The van der Waals surface area contributed by atoms with Gasteiger partial charge in [0.15, 0.2) is 11.5 Å². The summed E-state index contributed by atoms with van der Waals surface area (Å²) >= 11 is 0. The molecular formula is C15H25NO3. The second-order valence-corrected chi connectivity index (χ2v) is 4.43. The first-order valence-electron chi connectivity index (χ1n) is 6.82. The maximum Gasteiger partial charge on any atom is 0.160 e. The molecule has 19 heavy (non-hydrogen) atoms. The Balaban J connectivity index is 2.75. The topological polar surface area (TPSA) is 41.9 Å². The van der Waals surface area contributed by atoms with Gasteiger partial charge in [0.05, 0.1) is 13.7 Å². The third kappa shape index (κ3) is 4.40. The monoisotopic (exact) mass is 267 g/mol. The fraction of sp³-hybridized carbons (Fsp3) is 0.600. The van der Waals surface area contributed by atoms with Crippen LogP contribution in [0.1, 0.15) is 32.4 Å². The summed E-state index contributed by atoms with van der Waals surface area (Å²) in [4.78, 5) is 2.33. The molecule has 1 unspecified atom stereocenters. The Morgan fingerprint density at radius 1 is 1.32 bits per heavy atom. The summed E-state index contributed by atoms with van der Waals surface area (Å²) in [6, 6.07) is 5.77. The molecule has 0 saturated heterocycles. The van der Waals surface area contributed by atoms with Gasteiger partial charge in [0.25, 0.3) is 0 Å². The van der Waals surface area contributed by atoms with Gasteiger partial charge in [-0.3, -0.25) is 4.90 Å². The summed E-state index contributed by atoms with van der Waals surface area (Å²) in [7, 11) is 1.57. The summed E-state index contributed by atoms with van der Waals surface area (Å²) in [5.41, 5.74) is 1.13. The molecule has 0 fully saturated rings. The van der Waals surface area contributed by atoms with Gasteiger partial charge >= 0.3 is 0 Å². The van der Waals surface area contributed by atoms with E-state index in [0.29, 0.717) is 5.75 Å². The minimum absolute atomic E-state index is 0.177. The summed E-state index contributed by atoms with van der Waals surface area (Å²) in [6.07, 6.45) is 0. The number of aromatic hydroxyl groups is 1. The molecule has 0 saturated carbocycles. The van der Waals surface area contributed by atoms with Crippen LogP contribution in [0.3, 0.4) is 0 Å². The number of phenolic OH excluding ortho intramolecular Hbond substituents is 1. The zero-order valence-corrected chi connectivity index (χ0v) is 12.3. The molecule has 0 aliphatic rings. The first kappa shape index (κ1) is 15.8. The Hall–Kier alpha value is -1.26. The number of hydrogen-bond donors (Lipinski definition) is 1. The van der Waals surface area contributed by atoms with E-state index in [0.717, 1.165) is 31.9 Å². The van der Waals surface area contributed by atoms with Gasteiger partial charge in [-0.1, -0.05) is 13.0 Å². The van der Waals surface area contributed by atoms with Gasteiger partial charge in [-0.25, -0.2) is 0 Å². The first-order chi connectivity index (χ1) is 9.13. The van der Waals surface area contributed by atoms with Crippen molar-refractivity contribution in [3.8, 4) is 11.5 Å². The Kier molecular flexibility index (Phi) is 6.67. The van der Waals surface area contributed by atoms with Crippen LogP contribution in [-0.2, 0) is 4.74 Å². The van der Waals surface area contributed by atoms with Crippen LogP contribution >= 0.6 is 0 Å². The fourth-order valence-corrected chi connectivity index (χ4v) is 2.12. The number of nitrogens with zero attached hydrogens (tertiary/aromatic N) is 1. The van der Waals surface area contributed by atoms with Crippen molar-refractivity contribution in [1.82, 2.24) is 4.90 Å². The highest BCUT2D eigenvalue weighted by molar-refractivity contribution is 5.42. The molecule has 1 aromatic rings. The predicted octanol–water partition coefficient (Wildman–Crippen LogP) is 2.82. The highest BCUT2D eigenvalue weighted by atomic mass is 16.5. The predicted molar refractivity (Wildman–Crippen MR) is 76.8 cm³/mol. The molecule has 0 heterocycles. The molecule has 1 N–H and O–H groups in total. The van der Waals surface area contributed by atoms with E-state index in [1.807, 2.05) is 19.1 Å². The van der Waals surface area contributed by atoms with Gasteiger partial charge in [0, 0.05) is 19.2 Å². The van der Waals surface area contributed by atoms with Crippen LogP contribution in [-0.4, -0.2) is 43.4 Å². The van der Waals surface area contributed by atoms with Gasteiger partial charge in [-0.05, 0) is 38.1 Å². The van der Waals surface area contributed by atoms with Crippen LogP contribution in [0.15, 0.2) is 18.2 Å². The molecule has 4 nitrogen and oxygen atoms in total. The Bertz CT molecular complexity index is 382. The minimum Gasteiger partial charge on any atom is -0.504 e. The second-order valence-electron chi connectivity index (χ2n) is 4.43. The lowest BCUT2D eigenvalue weighted by molar-refractivity contribution is 0.100. The van der Waals surface area contributed by atoms with E-state index in [1.165, 1.54) is 0 Å². The standard InChI is InChI=1S/C15H25NO3/c1-5-16(9-10-19-6-2)12(3)13-7-8-14(17)15(11-13)18-4/h7-8,11-12,17H,5-6,9-10H2,1-4H3. The van der Waals surface area contributed by atoms with E-state index in [-0.39, 0.29) is 11.8 Å². The van der Waals surface area contributed by atoms with E-state index < -0.39 is 0 Å². The third-order valence-electron chi connectivity index (χ3n) is 3.37. The van der Waals surface area contributed by atoms with Gasteiger partial charge in [-0.15, -0.1) is 0 Å². The summed E-state index contributed by atoms with van der Waals surface area (Å²) in [5, 5.41) is 9.63. The smallest absolute Gasteiger partial charge is 0.160 e. The second kappa shape index (κ2) is 8.02. The maximum atomic E-state index is 9.63. The van der Waals surface area contributed by atoms with E-state index in [4.69, 9.17) is 9.47 Å². The van der Waals surface area contributed by atoms with E-state index in [1.54, 1.807) is 13.2 Å². The molecular weight excluding hydrogens is 242 g/mol. The van der Waals surface area contributed by atoms with Crippen molar-refractivity contribution in [1.29, 1.82) is 0 Å². The van der Waals surface area contributed by atoms with Gasteiger partial charge < -0.3 is 14.6 Å². The van der Waals surface area contributed by atoms with Crippen LogP contribution in [0.5, 0.6) is 11.5 Å². The Morgan fingerprint density at radius 2 is 2.05 bits per heavy atom. The van der Waals surface area contributed by atoms with Crippen molar-refractivity contribution < 1.29 is 14.6 Å². The summed E-state index contributed by atoms with van der Waals surface area (Å²) in [6.45, 7) is 9.64. The van der Waals surface area contributed by atoms with Crippen LogP contribution in [0, 0.1) is 0 Å². The quantitative estimate of drug-likeness (QED) is 0.735. The van der Waals surface area contributed by atoms with Crippen molar-refractivity contribution in [3.05, 3.63) is 23.8 Å². The zero-order chi connectivity index (χ0) is 14.3. The molecule has 1 atom stereocenters. The van der Waals surface area contributed by atoms with Crippen molar-refractivity contribution >= 4 is 0 Å². The fourth-order valence-electron chi connectivity index (χ4n) is 2.12. The maximum absolute atomic E-state index is 9.63. The van der Waals surface area contributed by atoms with Crippen LogP contribution in [0.25, 0.3) is 0 Å². The van der Waals surface area contributed by atoms with Crippen molar-refractivity contribution in [3.63, 3.8) is 0 Å². The molecule has 0 aromatic heterocycles. The largest absolute Gasteiger partial charge is 0.504 e. The number of rotatable bonds is 8. The molecule has 108 valence electrons. The minimum atomic E-state index is 0.177. The molecule has 0 amide bonds. The Labute approximate surface area is 115 Å². The van der Waals surface area contributed by atoms with Crippen molar-refractivity contribution in [2.75, 3.05) is 33.4 Å². The number of hydrogen-bond acceptors (Lipinski definition) is 4. The number of likely N-dealkylation sites (N-methyl/N-ethyl adjacent to an activating group) is 1. The number of ether oxygens (including phenoxy) is 2. The van der Waals surface area contributed by atoms with Gasteiger partial charge in [0.2, 0.25) is 0 Å². The zero-order valence-electron chi connectivity index (χ0n) is 12.3. The summed E-state index contributed by atoms with van der Waals surface area (Å²) in [5.74, 6) is 0.695. The van der Waals surface area contributed by atoms with Crippen molar-refractivity contribution in [2.45, 2.75) is 26.8 Å². The molecule has 0 radical (unpaired) electrons. The molecule has 1 rings (SSSR count). The van der Waals surface area contributed by atoms with Crippen LogP contribution in [0.4, 0.5) is 0 Å². The number of benzene rings is 1. The van der Waals surface area contributed by atoms with E-state index in [2.05, 4.69) is 18.7 Å². The summed E-state index contributed by atoms with van der Waals surface area (Å²) < 4.78 is 10.6. The van der Waals surface area contributed by atoms with Gasteiger partial charge in [0.1, 0.15) is 0 Å². The lowest BCUT2D eigenvalue weighted by Crippen LogP contribution is -2.30. The SMILES string of the molecule is CCOCCN(CC)C(C)c1ccc(O)c(OC)c1. The van der Waals surface area contributed by atoms with E-state index >= 15 is 0 Å². The normalized spacial score (nSPS) is 12.7. The molecule has 0 aliphatic heterocycles. The average molecular weight is 267 g/mol. The van der Waals surface area contributed by atoms with E-state index in [9.17, 15) is 5.11 Å². The third-order valence-corrected chi connectivity index (χ3v) is 3.37. The lowest BCUT2D eigenvalue weighted by Gasteiger charge is -2.28. The van der Waals surface area contributed by atoms with Crippen LogP contribution in [0.2, 0.25) is 0 Å². The van der Waals surface area contributed by atoms with Crippen LogP contribution < -0.4 is 4.74 Å². The van der Waals surface area contributed by atoms with Gasteiger partial charge in [-0.2, -0.15) is 0 Å². The molecule has 0 aliphatic carbocycles. The molecule has 4 heteroatoms. The van der Waals surface area contributed by atoms with Crippen molar-refractivity contribution in [2.24, 2.45) is 0 Å². The highest BCUT2D eigenvalue weighted by Crippen LogP contribution is 2.30. The first-order valence-corrected chi connectivity index (χ1v) is 6.82. The molecule has 0 spiro atoms. The highest BCUT2D eigenvalue weighted by Gasteiger charge is 2.15. The lowest BCUT2D eigenvalue weighted by atomic mass is 10.1. The number of phenols is 1. The molecule has 1 aromatic carbocycles. The average Bonchev–Trinajstić information content (AvgIpc) is 2.43. The number of methoxy groups -OCH3 is 1.